The smallest absolute Gasteiger partial charge is 0.232 e. The maximum Gasteiger partial charge on any atom is 0.232 e. The minimum atomic E-state index is -0.644. The Bertz CT molecular complexity index is 704. The van der Waals surface area contributed by atoms with E-state index in [0.717, 1.165) is 38.3 Å². The van der Waals surface area contributed by atoms with E-state index in [9.17, 15) is 9.18 Å². The van der Waals surface area contributed by atoms with E-state index >= 15 is 0 Å². The first-order valence-corrected chi connectivity index (χ1v) is 8.78. The summed E-state index contributed by atoms with van der Waals surface area (Å²) in [6.07, 6.45) is 0. The number of piperazine rings is 1. The molecule has 1 saturated heterocycles. The molecule has 132 valence electrons. The lowest BCUT2D eigenvalue weighted by molar-refractivity contribution is -0.138. The second-order valence-corrected chi connectivity index (χ2v) is 7.19. The monoisotopic (exact) mass is 340 g/mol. The lowest BCUT2D eigenvalue weighted by atomic mass is 9.83. The Hall–Kier alpha value is -2.20. The second kappa shape index (κ2) is 7.36. The Labute approximate surface area is 149 Å². The van der Waals surface area contributed by atoms with Crippen LogP contribution in [0.25, 0.3) is 0 Å². The SMILES string of the molecule is CC(C)(C(=O)N1CCN(Cc2ccccc2)CC1)c1ccc(F)cc1. The Kier molecular flexibility index (Phi) is 5.19. The number of halogens is 1. The molecule has 1 amide bonds. The van der Waals surface area contributed by atoms with Gasteiger partial charge in [0.2, 0.25) is 5.91 Å². The summed E-state index contributed by atoms with van der Waals surface area (Å²) < 4.78 is 13.2. The van der Waals surface area contributed by atoms with Gasteiger partial charge in [0.1, 0.15) is 5.82 Å². The number of carbonyl (C=O) groups is 1. The molecule has 25 heavy (non-hydrogen) atoms. The fraction of sp³-hybridized carbons (Fsp3) is 0.381. The summed E-state index contributed by atoms with van der Waals surface area (Å²) in [5.74, 6) is -0.167. The average Bonchev–Trinajstić information content (AvgIpc) is 2.63. The van der Waals surface area contributed by atoms with E-state index in [1.807, 2.05) is 24.8 Å². The van der Waals surface area contributed by atoms with Gasteiger partial charge in [-0.05, 0) is 37.1 Å². The van der Waals surface area contributed by atoms with Gasteiger partial charge in [-0.1, -0.05) is 42.5 Å². The van der Waals surface area contributed by atoms with Crippen molar-refractivity contribution in [2.45, 2.75) is 25.8 Å². The van der Waals surface area contributed by atoms with Crippen LogP contribution in [0.5, 0.6) is 0 Å². The van der Waals surface area contributed by atoms with Gasteiger partial charge in [0.15, 0.2) is 0 Å². The Balaban J connectivity index is 1.60. The van der Waals surface area contributed by atoms with Gasteiger partial charge in [0.05, 0.1) is 5.41 Å². The van der Waals surface area contributed by atoms with Crippen molar-refractivity contribution in [3.8, 4) is 0 Å². The maximum absolute atomic E-state index is 13.2. The third-order valence-electron chi connectivity index (χ3n) is 5.01. The predicted molar refractivity (Wildman–Crippen MR) is 97.7 cm³/mol. The summed E-state index contributed by atoms with van der Waals surface area (Å²) in [6.45, 7) is 7.97. The van der Waals surface area contributed by atoms with Crippen LogP contribution in [-0.2, 0) is 16.8 Å². The molecule has 3 rings (SSSR count). The summed E-state index contributed by atoms with van der Waals surface area (Å²) in [7, 11) is 0. The summed E-state index contributed by atoms with van der Waals surface area (Å²) in [5, 5.41) is 0. The molecule has 1 aliphatic heterocycles. The standard InChI is InChI=1S/C21H25FN2O/c1-21(2,18-8-10-19(22)11-9-18)20(25)24-14-12-23(13-15-24)16-17-6-4-3-5-7-17/h3-11H,12-16H2,1-2H3. The molecule has 0 aromatic heterocycles. The zero-order chi connectivity index (χ0) is 17.9. The Morgan fingerprint density at radius 3 is 2.16 bits per heavy atom. The zero-order valence-electron chi connectivity index (χ0n) is 14.9. The number of rotatable bonds is 4. The minimum absolute atomic E-state index is 0.110. The van der Waals surface area contributed by atoms with E-state index in [2.05, 4.69) is 29.2 Å². The Morgan fingerprint density at radius 2 is 1.56 bits per heavy atom. The number of hydrogen-bond donors (Lipinski definition) is 0. The van der Waals surface area contributed by atoms with Gasteiger partial charge in [-0.25, -0.2) is 4.39 Å². The number of carbonyl (C=O) groups excluding carboxylic acids is 1. The molecule has 3 nitrogen and oxygen atoms in total. The second-order valence-electron chi connectivity index (χ2n) is 7.19. The minimum Gasteiger partial charge on any atom is -0.339 e. The van der Waals surface area contributed by atoms with E-state index in [0.29, 0.717) is 0 Å². The Morgan fingerprint density at radius 1 is 0.960 bits per heavy atom. The fourth-order valence-electron chi connectivity index (χ4n) is 3.34. The number of hydrogen-bond acceptors (Lipinski definition) is 2. The highest BCUT2D eigenvalue weighted by atomic mass is 19.1. The van der Waals surface area contributed by atoms with Crippen LogP contribution in [0, 0.1) is 5.82 Å². The molecule has 4 heteroatoms. The zero-order valence-corrected chi connectivity index (χ0v) is 14.9. The van der Waals surface area contributed by atoms with E-state index in [1.165, 1.54) is 17.7 Å². The molecule has 1 aliphatic rings. The fourth-order valence-corrected chi connectivity index (χ4v) is 3.34. The molecule has 0 spiro atoms. The molecule has 0 saturated carbocycles. The van der Waals surface area contributed by atoms with Gasteiger partial charge in [-0.2, -0.15) is 0 Å². The van der Waals surface area contributed by atoms with Crippen LogP contribution in [0.15, 0.2) is 54.6 Å². The van der Waals surface area contributed by atoms with Crippen molar-refractivity contribution in [2.24, 2.45) is 0 Å². The van der Waals surface area contributed by atoms with Crippen molar-refractivity contribution in [3.05, 3.63) is 71.5 Å². The quantitative estimate of drug-likeness (QED) is 0.851. The average molecular weight is 340 g/mol. The molecular weight excluding hydrogens is 315 g/mol. The topological polar surface area (TPSA) is 23.6 Å². The van der Waals surface area contributed by atoms with Crippen molar-refractivity contribution in [1.82, 2.24) is 9.80 Å². The van der Waals surface area contributed by atoms with Crippen LogP contribution in [0.4, 0.5) is 4.39 Å². The predicted octanol–water partition coefficient (Wildman–Crippen LogP) is 3.45. The van der Waals surface area contributed by atoms with Gasteiger partial charge in [0.25, 0.3) is 0 Å². The largest absolute Gasteiger partial charge is 0.339 e. The number of amides is 1. The third-order valence-corrected chi connectivity index (χ3v) is 5.01. The molecule has 1 fully saturated rings. The summed E-state index contributed by atoms with van der Waals surface area (Å²) in [6, 6.07) is 16.7. The molecule has 2 aromatic carbocycles. The van der Waals surface area contributed by atoms with Gasteiger partial charge >= 0.3 is 0 Å². The highest BCUT2D eigenvalue weighted by molar-refractivity contribution is 5.87. The highest BCUT2D eigenvalue weighted by Crippen LogP contribution is 2.26. The van der Waals surface area contributed by atoms with Gasteiger partial charge in [0, 0.05) is 32.7 Å². The van der Waals surface area contributed by atoms with Crippen molar-refractivity contribution in [2.75, 3.05) is 26.2 Å². The molecule has 2 aromatic rings. The molecule has 0 atom stereocenters. The van der Waals surface area contributed by atoms with E-state index in [1.54, 1.807) is 12.1 Å². The first-order valence-electron chi connectivity index (χ1n) is 8.78. The van der Waals surface area contributed by atoms with Gasteiger partial charge < -0.3 is 4.90 Å². The van der Waals surface area contributed by atoms with Crippen LogP contribution in [0.2, 0.25) is 0 Å². The molecule has 0 bridgehead atoms. The number of benzene rings is 2. The van der Waals surface area contributed by atoms with Crippen LogP contribution in [-0.4, -0.2) is 41.9 Å². The van der Waals surface area contributed by atoms with Crippen molar-refractivity contribution in [3.63, 3.8) is 0 Å². The van der Waals surface area contributed by atoms with E-state index < -0.39 is 5.41 Å². The van der Waals surface area contributed by atoms with Crippen LogP contribution < -0.4 is 0 Å². The molecule has 0 aliphatic carbocycles. The lowest BCUT2D eigenvalue weighted by Gasteiger charge is -2.38. The van der Waals surface area contributed by atoms with Gasteiger partial charge in [-0.3, -0.25) is 9.69 Å². The summed E-state index contributed by atoms with van der Waals surface area (Å²) >= 11 is 0. The van der Waals surface area contributed by atoms with Crippen molar-refractivity contribution in [1.29, 1.82) is 0 Å². The molecular formula is C21H25FN2O. The molecule has 1 heterocycles. The van der Waals surface area contributed by atoms with Crippen LogP contribution in [0.1, 0.15) is 25.0 Å². The van der Waals surface area contributed by atoms with E-state index in [-0.39, 0.29) is 11.7 Å². The first-order chi connectivity index (χ1) is 12.0. The third kappa shape index (κ3) is 4.07. The number of nitrogens with zero attached hydrogens (tertiary/aromatic N) is 2. The lowest BCUT2D eigenvalue weighted by Crippen LogP contribution is -2.52. The molecule has 0 unspecified atom stereocenters. The summed E-state index contributed by atoms with van der Waals surface area (Å²) in [5.41, 5.74) is 1.51. The molecule has 0 N–H and O–H groups in total. The van der Waals surface area contributed by atoms with E-state index in [4.69, 9.17) is 0 Å². The van der Waals surface area contributed by atoms with Crippen LogP contribution >= 0.6 is 0 Å². The van der Waals surface area contributed by atoms with Crippen LogP contribution in [0.3, 0.4) is 0 Å². The van der Waals surface area contributed by atoms with Gasteiger partial charge in [-0.15, -0.1) is 0 Å². The molecule has 0 radical (unpaired) electrons. The van der Waals surface area contributed by atoms with Crippen molar-refractivity contribution < 1.29 is 9.18 Å². The van der Waals surface area contributed by atoms with Crippen molar-refractivity contribution >= 4 is 5.91 Å². The first kappa shape index (κ1) is 17.6. The maximum atomic E-state index is 13.2. The highest BCUT2D eigenvalue weighted by Gasteiger charge is 2.35. The normalized spacial score (nSPS) is 16.0. The summed E-state index contributed by atoms with van der Waals surface area (Å²) in [4.78, 5) is 17.3.